The molecule has 0 saturated carbocycles. The highest BCUT2D eigenvalue weighted by Gasteiger charge is 2.55. The van der Waals surface area contributed by atoms with Crippen molar-refractivity contribution < 1.29 is 0 Å². The van der Waals surface area contributed by atoms with Gasteiger partial charge < -0.3 is 18.9 Å². The Bertz CT molecular complexity index is 2440. The summed E-state index contributed by atoms with van der Waals surface area (Å²) in [5.74, 6) is 6.94. The molecule has 0 N–H and O–H groups in total. The lowest BCUT2D eigenvalue weighted by atomic mass is 9.38. The lowest BCUT2D eigenvalue weighted by Gasteiger charge is -2.55. The second-order valence-electron chi connectivity index (χ2n) is 15.8. The van der Waals surface area contributed by atoms with E-state index in [2.05, 4.69) is 204 Å². The third-order valence-corrected chi connectivity index (χ3v) is 14.0. The Morgan fingerprint density at radius 2 is 1.07 bits per heavy atom. The van der Waals surface area contributed by atoms with Crippen LogP contribution in [0.1, 0.15) is 48.8 Å². The molecule has 8 heterocycles. The molecular weight excluding hydrogens is 708 g/mol. The third kappa shape index (κ3) is 4.83. The van der Waals surface area contributed by atoms with Crippen LogP contribution in [0.4, 0.5) is 0 Å². The van der Waals surface area contributed by atoms with E-state index in [1.54, 1.807) is 11.8 Å². The molecule has 0 radical (unpaired) electrons. The first-order valence-corrected chi connectivity index (χ1v) is 20.7. The molecule has 1 saturated heterocycles. The summed E-state index contributed by atoms with van der Waals surface area (Å²) in [6.07, 6.45) is 26.4. The first-order chi connectivity index (χ1) is 26.9. The van der Waals surface area contributed by atoms with Gasteiger partial charge in [0.15, 0.2) is 0 Å². The second-order valence-corrected chi connectivity index (χ2v) is 17.9. The average Bonchev–Trinajstić information content (AvgIpc) is 3.22. The molecule has 7 aliphatic heterocycles. The number of benzene rings is 3. The van der Waals surface area contributed by atoms with Gasteiger partial charge in [0.2, 0.25) is 0 Å². The minimum atomic E-state index is -0.587. The van der Waals surface area contributed by atoms with Gasteiger partial charge in [0.25, 0.3) is 0 Å². The zero-order chi connectivity index (χ0) is 36.9. The number of nitrogens with zero attached hydrogens (tertiary/aromatic N) is 6. The number of rotatable bonds is 1. The van der Waals surface area contributed by atoms with E-state index in [9.17, 15) is 0 Å². The molecule has 0 bridgehead atoms. The van der Waals surface area contributed by atoms with E-state index in [1.807, 2.05) is 11.8 Å². The van der Waals surface area contributed by atoms with Gasteiger partial charge in [-0.2, -0.15) is 0 Å². The Labute approximate surface area is 333 Å². The molecule has 1 spiro atoms. The fourth-order valence-corrected chi connectivity index (χ4v) is 11.9. The molecule has 0 aliphatic carbocycles. The third-order valence-electron chi connectivity index (χ3n) is 11.8. The summed E-state index contributed by atoms with van der Waals surface area (Å²) >= 11 is 3.60. The highest BCUT2D eigenvalue weighted by molar-refractivity contribution is 7.99. The fourth-order valence-electron chi connectivity index (χ4n) is 9.61. The molecule has 6 nitrogen and oxygen atoms in total. The first kappa shape index (κ1) is 33.2. The van der Waals surface area contributed by atoms with Crippen molar-refractivity contribution in [1.29, 1.82) is 0 Å². The molecule has 11 rings (SSSR count). The van der Waals surface area contributed by atoms with Crippen LogP contribution in [0.25, 0.3) is 5.57 Å². The second kappa shape index (κ2) is 12.4. The number of fused-ring (bicyclic) bond motifs is 16. The minimum absolute atomic E-state index is 0.0000959. The monoisotopic (exact) mass is 744 g/mol. The van der Waals surface area contributed by atoms with Gasteiger partial charge >= 0.3 is 27.9 Å². The fraction of sp³-hybridized carbons (Fsp3) is 0.116. The number of hydrogen-bond acceptors (Lipinski definition) is 8. The number of aromatic nitrogens is 2. The summed E-state index contributed by atoms with van der Waals surface area (Å²) in [4.78, 5) is 15.0. The van der Waals surface area contributed by atoms with Crippen molar-refractivity contribution in [3.63, 3.8) is 0 Å². The summed E-state index contributed by atoms with van der Waals surface area (Å²) in [7, 11) is 0. The molecule has 1 fully saturated rings. The van der Waals surface area contributed by atoms with E-state index in [0.717, 1.165) is 22.0 Å². The van der Waals surface area contributed by atoms with Gasteiger partial charge in [-0.05, 0) is 100 Å². The first-order valence-electron chi connectivity index (χ1n) is 19.0. The van der Waals surface area contributed by atoms with Crippen molar-refractivity contribution in [2.24, 2.45) is 5.41 Å². The van der Waals surface area contributed by atoms with Gasteiger partial charge in [0, 0.05) is 14.7 Å². The molecule has 3 aromatic carbocycles. The largest absolute Gasteiger partial charge is 0.423 e. The maximum atomic E-state index is 5.67. The minimum Gasteiger partial charge on any atom is -0.423 e. The normalized spacial score (nSPS) is 19.4. The summed E-state index contributed by atoms with van der Waals surface area (Å²) in [5.41, 5.74) is 7.34. The lowest BCUT2D eigenvalue weighted by molar-refractivity contribution is 0.508. The SMILES string of the molecule is CC(C)(C)C1=C(c2cnc3c(n2)Sc2ccccc2C32c3ccccc3Sc3ccccc32)C=CN2B3C=CC=CN3B3C=CC=CN3B3C=CC=CN3B12. The van der Waals surface area contributed by atoms with Crippen LogP contribution >= 0.6 is 23.5 Å². The average molecular weight is 744 g/mol. The van der Waals surface area contributed by atoms with Gasteiger partial charge in [-0.15, -0.1) is 0 Å². The maximum absolute atomic E-state index is 5.67. The molecule has 0 atom stereocenters. The Kier molecular flexibility index (Phi) is 7.49. The van der Waals surface area contributed by atoms with Crippen LogP contribution in [0.15, 0.2) is 189 Å². The predicted molar refractivity (Wildman–Crippen MR) is 229 cm³/mol. The van der Waals surface area contributed by atoms with Gasteiger partial charge in [0.05, 0.1) is 23.0 Å². The van der Waals surface area contributed by atoms with Gasteiger partial charge in [-0.25, -0.2) is 4.98 Å². The summed E-state index contributed by atoms with van der Waals surface area (Å²) in [5, 5.41) is 0.959. The van der Waals surface area contributed by atoms with E-state index in [4.69, 9.17) is 9.97 Å². The predicted octanol–water partition coefficient (Wildman–Crippen LogP) is 8.70. The van der Waals surface area contributed by atoms with Crippen molar-refractivity contribution >= 4 is 57.0 Å². The van der Waals surface area contributed by atoms with Gasteiger partial charge in [-0.3, -0.25) is 4.98 Å². The van der Waals surface area contributed by atoms with E-state index in [1.165, 1.54) is 36.8 Å². The van der Waals surface area contributed by atoms with Crippen LogP contribution in [-0.4, -0.2) is 56.8 Å². The van der Waals surface area contributed by atoms with Crippen molar-refractivity contribution in [2.75, 3.05) is 0 Å². The Morgan fingerprint density at radius 1 is 0.582 bits per heavy atom. The molecule has 55 heavy (non-hydrogen) atoms. The Hall–Kier alpha value is -5.18. The molecule has 262 valence electrons. The van der Waals surface area contributed by atoms with Crippen molar-refractivity contribution in [2.45, 2.75) is 45.9 Å². The summed E-state index contributed by atoms with van der Waals surface area (Å²) < 4.78 is 10.00. The van der Waals surface area contributed by atoms with Crippen LogP contribution in [0, 0.1) is 5.41 Å². The number of allylic oxidation sites excluding steroid dienone is 9. The Balaban J connectivity index is 1.13. The van der Waals surface area contributed by atoms with Crippen LogP contribution in [-0.2, 0) is 5.41 Å². The summed E-state index contributed by atoms with van der Waals surface area (Å²) in [6, 6.07) is 26.6. The van der Waals surface area contributed by atoms with Crippen LogP contribution in [0.2, 0.25) is 0 Å². The standard InChI is InChI=1S/C43H36B4N6S2/c1-42(2,3)39-31(22-29-53-46-25-11-14-27-51(46)44-23-10-13-26-50(44)45-24-12-15-28-52(45)47(39)53)35-30-48-40-41(49-35)55-38-21-9-6-18-34(38)43(40)32-16-4-7-19-36(32)54-37-20-8-5-17-33(37)43/h4-30H,1-3H3. The number of hydrogen-bond donors (Lipinski definition) is 0. The highest BCUT2D eigenvalue weighted by Crippen LogP contribution is 2.60. The zero-order valence-corrected chi connectivity index (χ0v) is 32.5. The van der Waals surface area contributed by atoms with Gasteiger partial charge in [-0.1, -0.05) is 135 Å². The van der Waals surface area contributed by atoms with E-state index in [-0.39, 0.29) is 33.3 Å². The smallest absolute Gasteiger partial charge is 0.385 e. The van der Waals surface area contributed by atoms with Crippen LogP contribution in [0.5, 0.6) is 0 Å². The molecule has 0 unspecified atom stereocenters. The molecule has 7 aliphatic rings. The van der Waals surface area contributed by atoms with Crippen LogP contribution in [0.3, 0.4) is 0 Å². The molecule has 1 aromatic heterocycles. The maximum Gasteiger partial charge on any atom is 0.385 e. The van der Waals surface area contributed by atoms with Crippen molar-refractivity contribution in [3.8, 4) is 0 Å². The molecule has 0 amide bonds. The van der Waals surface area contributed by atoms with Gasteiger partial charge in [0.1, 0.15) is 5.03 Å². The van der Waals surface area contributed by atoms with Crippen LogP contribution < -0.4 is 0 Å². The topological polar surface area (TPSA) is 38.7 Å². The summed E-state index contributed by atoms with van der Waals surface area (Å²) in [6.45, 7) is 7.00. The van der Waals surface area contributed by atoms with E-state index >= 15 is 0 Å². The van der Waals surface area contributed by atoms with E-state index < -0.39 is 5.41 Å². The Morgan fingerprint density at radius 3 is 1.64 bits per heavy atom. The zero-order valence-electron chi connectivity index (χ0n) is 30.9. The van der Waals surface area contributed by atoms with Crippen molar-refractivity contribution in [3.05, 3.63) is 198 Å². The quantitative estimate of drug-likeness (QED) is 0.155. The highest BCUT2D eigenvalue weighted by atomic mass is 32.2. The molecule has 4 aromatic rings. The lowest BCUT2D eigenvalue weighted by Crippen LogP contribution is -2.74. The molecule has 12 heteroatoms. The van der Waals surface area contributed by atoms with E-state index in [0.29, 0.717) is 0 Å². The molecular formula is C43H36B4N6S2. The van der Waals surface area contributed by atoms with Crippen molar-refractivity contribution in [1.82, 2.24) is 28.9 Å².